The zero-order chi connectivity index (χ0) is 23.7. The summed E-state index contributed by atoms with van der Waals surface area (Å²) < 4.78 is 18.7. The van der Waals surface area contributed by atoms with Gasteiger partial charge in [-0.15, -0.1) is 0 Å². The van der Waals surface area contributed by atoms with Gasteiger partial charge in [-0.25, -0.2) is 4.79 Å². The van der Waals surface area contributed by atoms with Crippen molar-refractivity contribution in [2.45, 2.75) is 63.3 Å². The van der Waals surface area contributed by atoms with Crippen molar-refractivity contribution in [3.8, 4) is 0 Å². The van der Waals surface area contributed by atoms with Gasteiger partial charge in [0.1, 0.15) is 0 Å². The third kappa shape index (κ3) is 6.32. The monoisotopic (exact) mass is 460 g/mol. The van der Waals surface area contributed by atoms with Crippen molar-refractivity contribution in [3.05, 3.63) is 108 Å². The number of hydrogen-bond acceptors (Lipinski definition) is 4. The van der Waals surface area contributed by atoms with Gasteiger partial charge in [-0.2, -0.15) is 0 Å². The van der Waals surface area contributed by atoms with Crippen LogP contribution in [0.1, 0.15) is 48.8 Å². The summed E-state index contributed by atoms with van der Waals surface area (Å²) in [6.45, 7) is 0.696. The molecular weight excluding hydrogens is 428 g/mol. The van der Waals surface area contributed by atoms with Crippen LogP contribution in [0.3, 0.4) is 0 Å². The van der Waals surface area contributed by atoms with Crippen LogP contribution in [0.15, 0.2) is 91.0 Å². The molecular formula is C29H32O5. The van der Waals surface area contributed by atoms with E-state index >= 15 is 0 Å². The van der Waals surface area contributed by atoms with Gasteiger partial charge in [0.25, 0.3) is 5.79 Å². The molecule has 3 aromatic rings. The molecule has 34 heavy (non-hydrogen) atoms. The van der Waals surface area contributed by atoms with E-state index < -0.39 is 17.4 Å². The molecule has 0 aliphatic heterocycles. The maximum Gasteiger partial charge on any atom is 0.364 e. The Hall–Kier alpha value is -2.99. The molecule has 5 nitrogen and oxygen atoms in total. The van der Waals surface area contributed by atoms with E-state index in [4.69, 9.17) is 14.2 Å². The lowest BCUT2D eigenvalue weighted by molar-refractivity contribution is -0.274. The number of rotatable bonds is 12. The fourth-order valence-electron chi connectivity index (χ4n) is 4.52. The molecule has 0 heterocycles. The van der Waals surface area contributed by atoms with Crippen molar-refractivity contribution in [1.29, 1.82) is 0 Å². The van der Waals surface area contributed by atoms with E-state index in [1.54, 1.807) is 0 Å². The minimum atomic E-state index is -1.83. The molecule has 1 fully saturated rings. The Morgan fingerprint density at radius 3 is 1.53 bits per heavy atom. The smallest absolute Gasteiger partial charge is 0.364 e. The second-order valence-corrected chi connectivity index (χ2v) is 8.95. The van der Waals surface area contributed by atoms with Crippen LogP contribution in [0.25, 0.3) is 0 Å². The molecule has 1 saturated carbocycles. The lowest BCUT2D eigenvalue weighted by Crippen LogP contribution is -2.51. The van der Waals surface area contributed by atoms with Gasteiger partial charge < -0.3 is 19.3 Å². The molecule has 1 N–H and O–H groups in total. The van der Waals surface area contributed by atoms with Gasteiger partial charge in [-0.05, 0) is 29.5 Å². The summed E-state index contributed by atoms with van der Waals surface area (Å²) in [6.07, 6.45) is 3.65. The SMILES string of the molecule is O=C(O)C(CC1(OCc2ccccc2)CCCC1)(OCc1ccccc1)OCc1ccccc1. The molecule has 1 aliphatic carbocycles. The van der Waals surface area contributed by atoms with Crippen LogP contribution in [-0.4, -0.2) is 22.5 Å². The van der Waals surface area contributed by atoms with E-state index in [9.17, 15) is 9.90 Å². The van der Waals surface area contributed by atoms with Crippen LogP contribution in [0, 0.1) is 0 Å². The predicted molar refractivity (Wildman–Crippen MR) is 130 cm³/mol. The highest BCUT2D eigenvalue weighted by molar-refractivity contribution is 5.76. The standard InChI is InChI=1S/C29H32O5/c30-27(31)29(33-21-25-14-6-2-7-15-25,34-22-26-16-8-3-9-17-26)23-28(18-10-11-19-28)32-20-24-12-4-1-5-13-24/h1-9,12-17H,10-11,18-23H2,(H,30,31). The van der Waals surface area contributed by atoms with Crippen LogP contribution < -0.4 is 0 Å². The Labute approximate surface area is 201 Å². The quantitative estimate of drug-likeness (QED) is 0.330. The number of ether oxygens (including phenoxy) is 3. The molecule has 0 spiro atoms. The van der Waals surface area contributed by atoms with Crippen molar-refractivity contribution >= 4 is 5.97 Å². The first-order valence-corrected chi connectivity index (χ1v) is 11.9. The minimum absolute atomic E-state index is 0.127. The van der Waals surface area contributed by atoms with Crippen molar-refractivity contribution < 1.29 is 24.1 Å². The average Bonchev–Trinajstić information content (AvgIpc) is 3.35. The van der Waals surface area contributed by atoms with E-state index in [0.717, 1.165) is 42.4 Å². The van der Waals surface area contributed by atoms with Crippen molar-refractivity contribution in [2.75, 3.05) is 0 Å². The molecule has 0 atom stereocenters. The van der Waals surface area contributed by atoms with Crippen molar-refractivity contribution in [2.24, 2.45) is 0 Å². The average molecular weight is 461 g/mol. The topological polar surface area (TPSA) is 65.0 Å². The third-order valence-electron chi connectivity index (χ3n) is 6.41. The van der Waals surface area contributed by atoms with Crippen molar-refractivity contribution in [1.82, 2.24) is 0 Å². The van der Waals surface area contributed by atoms with Gasteiger partial charge in [0.15, 0.2) is 0 Å². The molecule has 5 heteroatoms. The molecule has 3 aromatic carbocycles. The largest absolute Gasteiger partial charge is 0.477 e. The summed E-state index contributed by atoms with van der Waals surface area (Å²) in [5.74, 6) is -2.96. The fraction of sp³-hybridized carbons (Fsp3) is 0.345. The Balaban J connectivity index is 1.57. The van der Waals surface area contributed by atoms with Gasteiger partial charge in [0.2, 0.25) is 0 Å². The van der Waals surface area contributed by atoms with Crippen LogP contribution >= 0.6 is 0 Å². The lowest BCUT2D eigenvalue weighted by Gasteiger charge is -2.38. The highest BCUT2D eigenvalue weighted by atomic mass is 16.7. The first kappa shape index (κ1) is 24.1. The number of carbonyl (C=O) groups is 1. The Kier molecular flexibility index (Phi) is 8.12. The summed E-state index contributed by atoms with van der Waals surface area (Å²) in [5, 5.41) is 10.4. The fourth-order valence-corrected chi connectivity index (χ4v) is 4.52. The Bertz CT molecular complexity index is 971. The van der Waals surface area contributed by atoms with E-state index in [1.165, 1.54) is 0 Å². The predicted octanol–water partition coefficient (Wildman–Crippen LogP) is 6.12. The first-order chi connectivity index (χ1) is 16.6. The lowest BCUT2D eigenvalue weighted by atomic mass is 9.91. The molecule has 0 amide bonds. The van der Waals surface area contributed by atoms with Gasteiger partial charge in [0, 0.05) is 6.42 Å². The molecule has 0 unspecified atom stereocenters. The maximum absolute atomic E-state index is 12.8. The van der Waals surface area contributed by atoms with E-state index in [-0.39, 0.29) is 19.6 Å². The van der Waals surface area contributed by atoms with Crippen LogP contribution in [-0.2, 0) is 38.8 Å². The number of hydrogen-bond donors (Lipinski definition) is 1. The van der Waals surface area contributed by atoms with Gasteiger partial charge in [0.05, 0.1) is 25.4 Å². The zero-order valence-electron chi connectivity index (χ0n) is 19.4. The number of benzene rings is 3. The Morgan fingerprint density at radius 1 is 0.706 bits per heavy atom. The van der Waals surface area contributed by atoms with E-state index in [0.29, 0.717) is 6.61 Å². The van der Waals surface area contributed by atoms with Gasteiger partial charge in [-0.3, -0.25) is 0 Å². The maximum atomic E-state index is 12.8. The van der Waals surface area contributed by atoms with E-state index in [2.05, 4.69) is 0 Å². The molecule has 0 bridgehead atoms. The summed E-state index contributed by atoms with van der Waals surface area (Å²) >= 11 is 0. The molecule has 0 saturated heterocycles. The summed E-state index contributed by atoms with van der Waals surface area (Å²) in [4.78, 5) is 12.8. The minimum Gasteiger partial charge on any atom is -0.477 e. The summed E-state index contributed by atoms with van der Waals surface area (Å²) in [5.41, 5.74) is 2.22. The normalized spacial score (nSPS) is 15.3. The number of aliphatic carboxylic acids is 1. The first-order valence-electron chi connectivity index (χ1n) is 11.9. The van der Waals surface area contributed by atoms with Crippen molar-refractivity contribution in [3.63, 3.8) is 0 Å². The Morgan fingerprint density at radius 2 is 1.12 bits per heavy atom. The van der Waals surface area contributed by atoms with Crippen LogP contribution in [0.4, 0.5) is 0 Å². The summed E-state index contributed by atoms with van der Waals surface area (Å²) in [6, 6.07) is 29.1. The van der Waals surface area contributed by atoms with Crippen LogP contribution in [0.5, 0.6) is 0 Å². The molecule has 178 valence electrons. The third-order valence-corrected chi connectivity index (χ3v) is 6.41. The van der Waals surface area contributed by atoms with E-state index in [1.807, 2.05) is 91.0 Å². The number of carboxylic acid groups (broad SMARTS) is 1. The highest BCUT2D eigenvalue weighted by Crippen LogP contribution is 2.42. The number of carboxylic acids is 1. The zero-order valence-corrected chi connectivity index (χ0v) is 19.4. The summed E-state index contributed by atoms with van der Waals surface area (Å²) in [7, 11) is 0. The second-order valence-electron chi connectivity index (χ2n) is 8.95. The highest BCUT2D eigenvalue weighted by Gasteiger charge is 2.51. The van der Waals surface area contributed by atoms with Gasteiger partial charge >= 0.3 is 5.97 Å². The molecule has 0 aromatic heterocycles. The van der Waals surface area contributed by atoms with Gasteiger partial charge in [-0.1, -0.05) is 104 Å². The molecule has 1 aliphatic rings. The van der Waals surface area contributed by atoms with Crippen LogP contribution in [0.2, 0.25) is 0 Å². The molecule has 0 radical (unpaired) electrons. The second kappa shape index (κ2) is 11.4. The molecule has 4 rings (SSSR count).